The molecule has 4 aliphatic carbocycles. The molecule has 0 unspecified atom stereocenters. The summed E-state index contributed by atoms with van der Waals surface area (Å²) in [6, 6.07) is 11.8. The molecular formula is C41H51FN4O4. The fourth-order valence-corrected chi connectivity index (χ4v) is 11.5. The second-order valence-corrected chi connectivity index (χ2v) is 16.5. The summed E-state index contributed by atoms with van der Waals surface area (Å²) in [7, 11) is 0. The smallest absolute Gasteiger partial charge is 0.272 e. The van der Waals surface area contributed by atoms with Gasteiger partial charge in [-0.3, -0.25) is 14.4 Å². The van der Waals surface area contributed by atoms with Gasteiger partial charge in [0.05, 0.1) is 22.7 Å². The molecule has 7 atom stereocenters. The van der Waals surface area contributed by atoms with Gasteiger partial charge in [-0.25, -0.2) is 9.49 Å². The second-order valence-electron chi connectivity index (χ2n) is 16.5. The van der Waals surface area contributed by atoms with E-state index in [9.17, 15) is 14.4 Å². The molecule has 8 nitrogen and oxygen atoms in total. The topological polar surface area (TPSA) is 95.6 Å². The summed E-state index contributed by atoms with van der Waals surface area (Å²) in [5, 5.41) is 8.03. The van der Waals surface area contributed by atoms with Crippen LogP contribution in [0.5, 0.6) is 0 Å². The monoisotopic (exact) mass is 682 g/mol. The summed E-state index contributed by atoms with van der Waals surface area (Å²) in [4.78, 5) is 42.5. The van der Waals surface area contributed by atoms with Crippen LogP contribution >= 0.6 is 0 Å². The highest BCUT2D eigenvalue weighted by Gasteiger charge is 2.60. The number of piperazine rings is 1. The standard InChI is InChI=1S/C41H51FN4O4/c1-40-17-6-5-7-27(40)11-12-30-32-13-15-36(41(32,2)18-16-33(30)40)50-25-37(47)45-19-21-46(22-20-45)39(49)31-23-26(10-14-34(31)42)24-35-28-8-3-4-9-29(28)38(48)44-43-35/h3-4,8-10,14,23,27,30,32-33,36H,5-7,11-13,15-22,24-25H2,1-2H3,(H,44,48)/t27-,30+,32+,33+,36+,40+,41+/m1/s1. The van der Waals surface area contributed by atoms with Crippen LogP contribution in [0.15, 0.2) is 47.3 Å². The van der Waals surface area contributed by atoms with Crippen molar-refractivity contribution < 1.29 is 18.7 Å². The largest absolute Gasteiger partial charge is 0.368 e. The molecule has 8 rings (SSSR count). The summed E-state index contributed by atoms with van der Waals surface area (Å²) in [6.07, 6.45) is 13.6. The Hall–Kier alpha value is -3.59. The van der Waals surface area contributed by atoms with E-state index in [1.807, 2.05) is 12.1 Å². The normalized spacial score (nSPS) is 32.3. The van der Waals surface area contributed by atoms with Crippen molar-refractivity contribution in [1.29, 1.82) is 0 Å². The first-order valence-electron chi connectivity index (χ1n) is 19.1. The number of hydrogen-bond acceptors (Lipinski definition) is 5. The Morgan fingerprint density at radius 2 is 1.64 bits per heavy atom. The van der Waals surface area contributed by atoms with Gasteiger partial charge >= 0.3 is 0 Å². The molecule has 50 heavy (non-hydrogen) atoms. The van der Waals surface area contributed by atoms with Crippen LogP contribution in [0.1, 0.15) is 99.7 Å². The number of ether oxygens (including phenoxy) is 1. The third-order valence-corrected chi connectivity index (χ3v) is 14.2. The third-order valence-electron chi connectivity index (χ3n) is 14.2. The van der Waals surface area contributed by atoms with Crippen LogP contribution in [0.2, 0.25) is 0 Å². The number of hydrogen-bond donors (Lipinski definition) is 1. The molecule has 5 fully saturated rings. The van der Waals surface area contributed by atoms with Crippen molar-refractivity contribution in [3.8, 4) is 0 Å². The third kappa shape index (κ3) is 5.77. The van der Waals surface area contributed by atoms with Gasteiger partial charge < -0.3 is 14.5 Å². The Labute approximate surface area is 294 Å². The maximum absolute atomic E-state index is 15.0. The summed E-state index contributed by atoms with van der Waals surface area (Å²) in [5.41, 5.74) is 1.77. The molecule has 2 heterocycles. The van der Waals surface area contributed by atoms with Crippen molar-refractivity contribution in [3.63, 3.8) is 0 Å². The van der Waals surface area contributed by atoms with Crippen molar-refractivity contribution in [1.82, 2.24) is 20.0 Å². The van der Waals surface area contributed by atoms with Gasteiger partial charge in [0, 0.05) is 38.0 Å². The van der Waals surface area contributed by atoms with Gasteiger partial charge in [-0.1, -0.05) is 51.0 Å². The zero-order valence-electron chi connectivity index (χ0n) is 29.6. The first kappa shape index (κ1) is 33.5. The van der Waals surface area contributed by atoms with Gasteiger partial charge in [-0.05, 0) is 110 Å². The van der Waals surface area contributed by atoms with Crippen LogP contribution in [0, 0.1) is 40.3 Å². The summed E-state index contributed by atoms with van der Waals surface area (Å²) >= 11 is 0. The number of fused-ring (bicyclic) bond motifs is 6. The van der Waals surface area contributed by atoms with Gasteiger partial charge in [0.1, 0.15) is 12.4 Å². The van der Waals surface area contributed by atoms with Crippen molar-refractivity contribution in [2.24, 2.45) is 34.5 Å². The summed E-state index contributed by atoms with van der Waals surface area (Å²) in [6.45, 7) is 6.63. The maximum atomic E-state index is 15.0. The fraction of sp³-hybridized carbons (Fsp3) is 0.610. The first-order valence-corrected chi connectivity index (χ1v) is 19.1. The van der Waals surface area contributed by atoms with E-state index in [2.05, 4.69) is 24.0 Å². The number of amides is 2. The lowest BCUT2D eigenvalue weighted by atomic mass is 9.45. The quantitative estimate of drug-likeness (QED) is 0.310. The zero-order chi connectivity index (χ0) is 34.6. The minimum absolute atomic E-state index is 0.00376. The predicted molar refractivity (Wildman–Crippen MR) is 190 cm³/mol. The predicted octanol–water partition coefficient (Wildman–Crippen LogP) is 6.76. The number of halogens is 1. The Morgan fingerprint density at radius 1 is 0.880 bits per heavy atom. The number of H-pyrrole nitrogens is 1. The number of carbonyl (C=O) groups excluding carboxylic acids is 2. The van der Waals surface area contributed by atoms with Crippen LogP contribution in [-0.4, -0.2) is 70.7 Å². The molecule has 3 aromatic rings. The molecule has 9 heteroatoms. The summed E-state index contributed by atoms with van der Waals surface area (Å²) < 4.78 is 21.5. The fourth-order valence-electron chi connectivity index (χ4n) is 11.5. The van der Waals surface area contributed by atoms with Crippen molar-refractivity contribution in [2.45, 2.75) is 90.6 Å². The molecule has 2 aromatic carbocycles. The number of rotatable bonds is 6. The number of aromatic nitrogens is 2. The van der Waals surface area contributed by atoms with Crippen molar-refractivity contribution in [3.05, 3.63) is 75.5 Å². The average Bonchev–Trinajstić information content (AvgIpc) is 3.48. The van der Waals surface area contributed by atoms with Crippen molar-refractivity contribution in [2.75, 3.05) is 32.8 Å². The number of carbonyl (C=O) groups is 2. The highest BCUT2D eigenvalue weighted by molar-refractivity contribution is 5.95. The van der Waals surface area contributed by atoms with E-state index >= 15 is 4.39 Å². The molecule has 266 valence electrons. The van der Waals surface area contributed by atoms with E-state index in [1.165, 1.54) is 63.9 Å². The number of benzene rings is 2. The van der Waals surface area contributed by atoms with Gasteiger partial charge in [-0.15, -0.1) is 0 Å². The molecule has 1 N–H and O–H groups in total. The molecule has 1 saturated heterocycles. The molecule has 0 bridgehead atoms. The van der Waals surface area contributed by atoms with E-state index in [-0.39, 0.29) is 41.1 Å². The molecule has 0 spiro atoms. The molecule has 1 aromatic heterocycles. The van der Waals surface area contributed by atoms with Gasteiger partial charge in [0.2, 0.25) is 5.91 Å². The minimum Gasteiger partial charge on any atom is -0.368 e. The molecule has 4 saturated carbocycles. The molecular weight excluding hydrogens is 631 g/mol. The minimum atomic E-state index is -0.580. The van der Waals surface area contributed by atoms with E-state index < -0.39 is 5.82 Å². The van der Waals surface area contributed by atoms with E-state index in [1.54, 1.807) is 34.1 Å². The van der Waals surface area contributed by atoms with Crippen LogP contribution in [-0.2, 0) is 16.0 Å². The lowest BCUT2D eigenvalue weighted by molar-refractivity contribution is -0.150. The Balaban J connectivity index is 0.859. The lowest BCUT2D eigenvalue weighted by Crippen LogP contribution is -2.54. The van der Waals surface area contributed by atoms with E-state index in [4.69, 9.17) is 4.74 Å². The molecule has 0 radical (unpaired) electrons. The average molecular weight is 683 g/mol. The van der Waals surface area contributed by atoms with Gasteiger partial charge in [-0.2, -0.15) is 5.10 Å². The van der Waals surface area contributed by atoms with Crippen LogP contribution in [0.25, 0.3) is 10.8 Å². The Kier molecular flexibility index (Phi) is 8.85. The highest BCUT2D eigenvalue weighted by Crippen LogP contribution is 2.66. The lowest BCUT2D eigenvalue weighted by Gasteiger charge is -2.60. The maximum Gasteiger partial charge on any atom is 0.272 e. The number of aromatic amines is 1. The van der Waals surface area contributed by atoms with Gasteiger partial charge in [0.15, 0.2) is 0 Å². The SMILES string of the molecule is C[C@]12CCCC[C@@H]1CC[C@@H]1[C@@H]2CC[C@]2(C)[C@@H](OCC(=O)N3CCN(C(=O)c4cc(Cc5n[nH]c(=O)c6ccccc56)ccc4F)CC3)CC[C@@H]12. The van der Waals surface area contributed by atoms with Gasteiger partial charge in [0.25, 0.3) is 11.5 Å². The van der Waals surface area contributed by atoms with E-state index in [0.717, 1.165) is 35.1 Å². The molecule has 5 aliphatic rings. The second kappa shape index (κ2) is 13.2. The number of nitrogens with one attached hydrogen (secondary N) is 1. The summed E-state index contributed by atoms with van der Waals surface area (Å²) in [5.74, 6) is 2.27. The zero-order valence-corrected chi connectivity index (χ0v) is 29.6. The molecule has 2 amide bonds. The first-order chi connectivity index (χ1) is 24.2. The Morgan fingerprint density at radius 3 is 2.46 bits per heavy atom. The molecule has 1 aliphatic heterocycles. The van der Waals surface area contributed by atoms with E-state index in [0.29, 0.717) is 55.0 Å². The van der Waals surface area contributed by atoms with Crippen molar-refractivity contribution >= 4 is 22.6 Å². The number of nitrogens with zero attached hydrogens (tertiary/aromatic N) is 3. The van der Waals surface area contributed by atoms with Crippen LogP contribution < -0.4 is 5.56 Å². The highest BCUT2D eigenvalue weighted by atomic mass is 19.1. The van der Waals surface area contributed by atoms with Crippen LogP contribution in [0.3, 0.4) is 0 Å². The Bertz CT molecular complexity index is 1840. The van der Waals surface area contributed by atoms with Crippen LogP contribution in [0.4, 0.5) is 4.39 Å².